The van der Waals surface area contributed by atoms with Crippen LogP contribution in [0, 0.1) is 0 Å². The summed E-state index contributed by atoms with van der Waals surface area (Å²) in [5.74, 6) is 1.54. The number of fused-ring (bicyclic) bond motifs is 2. The lowest BCUT2D eigenvalue weighted by molar-refractivity contribution is -0.117. The van der Waals surface area contributed by atoms with E-state index in [1.165, 1.54) is 0 Å². The number of carbonyl (C=O) groups excluding carboxylic acids is 2. The van der Waals surface area contributed by atoms with Gasteiger partial charge in [0, 0.05) is 41.9 Å². The van der Waals surface area contributed by atoms with Crippen LogP contribution in [-0.4, -0.2) is 23.3 Å². The summed E-state index contributed by atoms with van der Waals surface area (Å²) < 4.78 is 6.21. The van der Waals surface area contributed by atoms with Crippen molar-refractivity contribution in [3.05, 3.63) is 126 Å². The highest BCUT2D eigenvalue weighted by Crippen LogP contribution is 2.32. The fourth-order valence-electron chi connectivity index (χ4n) is 5.44. The molecule has 0 spiro atoms. The lowest BCUT2D eigenvalue weighted by Crippen LogP contribution is -2.35. The molecule has 0 radical (unpaired) electrons. The molecule has 1 aliphatic heterocycles. The Hall–Kier alpha value is -4.64. The van der Waals surface area contributed by atoms with Crippen molar-refractivity contribution < 1.29 is 14.0 Å². The first-order chi connectivity index (χ1) is 19.1. The van der Waals surface area contributed by atoms with Gasteiger partial charge >= 0.3 is 0 Å². The number of rotatable bonds is 6. The van der Waals surface area contributed by atoms with Crippen LogP contribution in [0.3, 0.4) is 0 Å². The van der Waals surface area contributed by atoms with Crippen LogP contribution in [-0.2, 0) is 17.8 Å². The Bertz CT molecular complexity index is 1630. The molecule has 5 heteroatoms. The predicted molar refractivity (Wildman–Crippen MR) is 155 cm³/mol. The summed E-state index contributed by atoms with van der Waals surface area (Å²) in [4.78, 5) is 28.3. The van der Waals surface area contributed by atoms with Gasteiger partial charge in [-0.15, -0.1) is 0 Å². The van der Waals surface area contributed by atoms with Crippen LogP contribution in [0.25, 0.3) is 22.1 Å². The van der Waals surface area contributed by atoms with Gasteiger partial charge < -0.3 is 14.6 Å². The summed E-state index contributed by atoms with van der Waals surface area (Å²) in [5, 5.41) is 5.09. The molecule has 194 valence electrons. The molecular weight excluding hydrogens is 484 g/mol. The SMILES string of the molecule is CCC(C(=O)Nc1ccc(-c2cc3c(o2)CCN(C(=O)c2cccc4ccccc24)C3)cc1)c1ccccc1. The number of furan rings is 1. The Morgan fingerprint density at radius 2 is 1.64 bits per heavy atom. The summed E-state index contributed by atoms with van der Waals surface area (Å²) in [5.41, 5.74) is 4.47. The zero-order valence-corrected chi connectivity index (χ0v) is 21.9. The highest BCUT2D eigenvalue weighted by atomic mass is 16.3. The van der Waals surface area contributed by atoms with Gasteiger partial charge in [-0.2, -0.15) is 0 Å². The van der Waals surface area contributed by atoms with Gasteiger partial charge in [-0.1, -0.05) is 73.7 Å². The van der Waals surface area contributed by atoms with E-state index in [2.05, 4.69) is 5.32 Å². The van der Waals surface area contributed by atoms with Crippen LogP contribution < -0.4 is 5.32 Å². The molecule has 5 nitrogen and oxygen atoms in total. The third kappa shape index (κ3) is 4.96. The maximum atomic E-state index is 13.4. The largest absolute Gasteiger partial charge is 0.461 e. The minimum atomic E-state index is -0.192. The molecule has 1 atom stereocenters. The predicted octanol–water partition coefficient (Wildman–Crippen LogP) is 7.43. The molecule has 1 unspecified atom stereocenters. The number of anilines is 1. The van der Waals surface area contributed by atoms with E-state index in [-0.39, 0.29) is 17.7 Å². The number of nitrogens with one attached hydrogen (secondary N) is 1. The Kier molecular flexibility index (Phi) is 6.72. The van der Waals surface area contributed by atoms with E-state index < -0.39 is 0 Å². The van der Waals surface area contributed by atoms with Crippen molar-refractivity contribution in [2.75, 3.05) is 11.9 Å². The molecule has 4 aromatic carbocycles. The minimum absolute atomic E-state index is 0.0131. The smallest absolute Gasteiger partial charge is 0.254 e. The molecule has 0 aliphatic carbocycles. The van der Waals surface area contributed by atoms with Gasteiger partial charge in [0.05, 0.1) is 5.92 Å². The first-order valence-electron chi connectivity index (χ1n) is 13.5. The van der Waals surface area contributed by atoms with Gasteiger partial charge in [-0.3, -0.25) is 9.59 Å². The molecular formula is C34H30N2O3. The van der Waals surface area contributed by atoms with Crippen LogP contribution in [0.4, 0.5) is 5.69 Å². The topological polar surface area (TPSA) is 62.6 Å². The highest BCUT2D eigenvalue weighted by Gasteiger charge is 2.26. The fourth-order valence-corrected chi connectivity index (χ4v) is 5.44. The monoisotopic (exact) mass is 514 g/mol. The van der Waals surface area contributed by atoms with Gasteiger partial charge in [-0.05, 0) is 59.2 Å². The number of hydrogen-bond donors (Lipinski definition) is 1. The Labute approximate surface area is 228 Å². The number of amides is 2. The van der Waals surface area contributed by atoms with E-state index in [0.29, 0.717) is 19.5 Å². The molecule has 1 aromatic heterocycles. The van der Waals surface area contributed by atoms with Crippen molar-refractivity contribution >= 4 is 28.3 Å². The Balaban J connectivity index is 1.15. The van der Waals surface area contributed by atoms with Crippen LogP contribution in [0.5, 0.6) is 0 Å². The molecule has 0 fully saturated rings. The molecule has 39 heavy (non-hydrogen) atoms. The maximum Gasteiger partial charge on any atom is 0.254 e. The second kappa shape index (κ2) is 10.6. The first-order valence-corrected chi connectivity index (χ1v) is 13.5. The molecule has 0 bridgehead atoms. The summed E-state index contributed by atoms with van der Waals surface area (Å²) in [6, 6.07) is 33.5. The normalized spacial score (nSPS) is 13.6. The van der Waals surface area contributed by atoms with Gasteiger partial charge in [-0.25, -0.2) is 0 Å². The molecule has 5 aromatic rings. The van der Waals surface area contributed by atoms with E-state index in [1.807, 2.05) is 115 Å². The van der Waals surface area contributed by atoms with E-state index in [4.69, 9.17) is 4.42 Å². The molecule has 2 heterocycles. The van der Waals surface area contributed by atoms with E-state index in [1.54, 1.807) is 0 Å². The van der Waals surface area contributed by atoms with E-state index >= 15 is 0 Å². The van der Waals surface area contributed by atoms with Crippen LogP contribution in [0.1, 0.15) is 46.5 Å². The van der Waals surface area contributed by atoms with Crippen molar-refractivity contribution in [1.29, 1.82) is 0 Å². The summed E-state index contributed by atoms with van der Waals surface area (Å²) in [6.45, 7) is 3.16. The standard InChI is InChI=1S/C34H30N2O3/c1-2-28(23-9-4-3-5-10-23)33(37)35-27-17-15-25(16-18-27)32-21-26-22-36(20-19-31(26)39-32)34(38)30-14-8-12-24-11-6-7-13-29(24)30/h3-18,21,28H,2,19-20,22H2,1H3,(H,35,37). The van der Waals surface area contributed by atoms with Crippen LogP contribution in [0.15, 0.2) is 108 Å². The van der Waals surface area contributed by atoms with Gasteiger partial charge in [0.15, 0.2) is 0 Å². The first kappa shape index (κ1) is 24.7. The molecule has 1 N–H and O–H groups in total. The Morgan fingerprint density at radius 3 is 2.44 bits per heavy atom. The van der Waals surface area contributed by atoms with Gasteiger partial charge in [0.2, 0.25) is 5.91 Å². The second-order valence-electron chi connectivity index (χ2n) is 10.0. The van der Waals surface area contributed by atoms with Crippen molar-refractivity contribution in [1.82, 2.24) is 4.90 Å². The average molecular weight is 515 g/mol. The zero-order chi connectivity index (χ0) is 26.8. The zero-order valence-electron chi connectivity index (χ0n) is 21.9. The molecule has 0 saturated carbocycles. The van der Waals surface area contributed by atoms with Crippen molar-refractivity contribution in [3.63, 3.8) is 0 Å². The Morgan fingerprint density at radius 1 is 0.897 bits per heavy atom. The average Bonchev–Trinajstić information content (AvgIpc) is 3.41. The third-order valence-electron chi connectivity index (χ3n) is 7.54. The van der Waals surface area contributed by atoms with E-state index in [9.17, 15) is 9.59 Å². The number of carbonyl (C=O) groups is 2. The summed E-state index contributed by atoms with van der Waals surface area (Å²) in [7, 11) is 0. The molecule has 0 saturated heterocycles. The molecule has 6 rings (SSSR count). The lowest BCUT2D eigenvalue weighted by Gasteiger charge is -2.26. The van der Waals surface area contributed by atoms with Crippen LogP contribution in [0.2, 0.25) is 0 Å². The number of nitrogens with zero attached hydrogens (tertiary/aromatic N) is 1. The minimum Gasteiger partial charge on any atom is -0.461 e. The summed E-state index contributed by atoms with van der Waals surface area (Å²) >= 11 is 0. The molecule has 2 amide bonds. The number of hydrogen-bond acceptors (Lipinski definition) is 3. The quantitative estimate of drug-likeness (QED) is 0.256. The highest BCUT2D eigenvalue weighted by molar-refractivity contribution is 6.07. The third-order valence-corrected chi connectivity index (χ3v) is 7.54. The fraction of sp³-hybridized carbons (Fsp3) is 0.176. The van der Waals surface area contributed by atoms with Crippen LogP contribution >= 0.6 is 0 Å². The van der Waals surface area contributed by atoms with Gasteiger partial charge in [0.25, 0.3) is 5.91 Å². The van der Waals surface area contributed by atoms with Gasteiger partial charge in [0.1, 0.15) is 11.5 Å². The van der Waals surface area contributed by atoms with Crippen molar-refractivity contribution in [2.24, 2.45) is 0 Å². The summed E-state index contributed by atoms with van der Waals surface area (Å²) in [6.07, 6.45) is 1.41. The molecule has 1 aliphatic rings. The van der Waals surface area contributed by atoms with E-state index in [0.717, 1.165) is 56.7 Å². The lowest BCUT2D eigenvalue weighted by atomic mass is 9.95. The number of benzene rings is 4. The second-order valence-corrected chi connectivity index (χ2v) is 10.0. The van der Waals surface area contributed by atoms with Crippen molar-refractivity contribution in [3.8, 4) is 11.3 Å². The maximum absolute atomic E-state index is 13.4. The van der Waals surface area contributed by atoms with Crippen molar-refractivity contribution in [2.45, 2.75) is 32.2 Å².